The monoisotopic (exact) mass is 340 g/mol. The van der Waals surface area contributed by atoms with Crippen LogP contribution in [0, 0.1) is 0 Å². The van der Waals surface area contributed by atoms with Gasteiger partial charge in [0.15, 0.2) is 13.2 Å². The third-order valence-corrected chi connectivity index (χ3v) is 3.75. The van der Waals surface area contributed by atoms with E-state index in [4.69, 9.17) is 9.47 Å². The van der Waals surface area contributed by atoms with Gasteiger partial charge < -0.3 is 19.7 Å². The van der Waals surface area contributed by atoms with E-state index in [0.717, 1.165) is 12.1 Å². The van der Waals surface area contributed by atoms with Crippen molar-refractivity contribution in [1.29, 1.82) is 0 Å². The number of nitrogens with one attached hydrogen (secondary N) is 1. The van der Waals surface area contributed by atoms with Gasteiger partial charge in [-0.25, -0.2) is 0 Å². The molecule has 2 aromatic carbocycles. The van der Waals surface area contributed by atoms with E-state index in [1.807, 2.05) is 25.1 Å². The van der Waals surface area contributed by atoms with Gasteiger partial charge in [-0.3, -0.25) is 9.59 Å². The number of rotatable bonds is 6. The zero-order valence-electron chi connectivity index (χ0n) is 14.0. The molecule has 0 bridgehead atoms. The summed E-state index contributed by atoms with van der Waals surface area (Å²) in [6.45, 7) is 2.60. The van der Waals surface area contributed by atoms with Gasteiger partial charge >= 0.3 is 0 Å². The minimum Gasteiger partial charge on any atom is -0.484 e. The summed E-state index contributed by atoms with van der Waals surface area (Å²) in [5.41, 5.74) is 1.34. The highest BCUT2D eigenvalue weighted by Gasteiger charge is 2.25. The molecule has 6 heteroatoms. The van der Waals surface area contributed by atoms with E-state index < -0.39 is 0 Å². The normalized spacial score (nSPS) is 13.0. The van der Waals surface area contributed by atoms with Gasteiger partial charge in [-0.1, -0.05) is 25.1 Å². The molecular weight excluding hydrogens is 320 g/mol. The highest BCUT2D eigenvalue weighted by atomic mass is 16.5. The number of hydrogen-bond acceptors (Lipinski definition) is 4. The van der Waals surface area contributed by atoms with Crippen LogP contribution >= 0.6 is 0 Å². The molecule has 2 aromatic rings. The van der Waals surface area contributed by atoms with Crippen molar-refractivity contribution in [2.45, 2.75) is 13.3 Å². The lowest BCUT2D eigenvalue weighted by atomic mass is 10.2. The molecule has 130 valence electrons. The van der Waals surface area contributed by atoms with Gasteiger partial charge in [-0.2, -0.15) is 0 Å². The minimum absolute atomic E-state index is 0.0154. The zero-order chi connectivity index (χ0) is 17.6. The Balaban J connectivity index is 1.64. The Morgan fingerprint density at radius 1 is 1.24 bits per heavy atom. The molecule has 0 saturated heterocycles. The summed E-state index contributed by atoms with van der Waals surface area (Å²) >= 11 is 0. The van der Waals surface area contributed by atoms with E-state index >= 15 is 0 Å². The van der Waals surface area contributed by atoms with Gasteiger partial charge in [0.25, 0.3) is 11.8 Å². The molecule has 0 atom stereocenters. The fraction of sp³-hybridized carbons (Fsp3) is 0.263. The molecule has 1 heterocycles. The maximum Gasteiger partial charge on any atom is 0.265 e. The van der Waals surface area contributed by atoms with Gasteiger partial charge in [0.05, 0.1) is 5.69 Å². The number of hydrogen-bond donors (Lipinski definition) is 1. The van der Waals surface area contributed by atoms with Gasteiger partial charge in [-0.15, -0.1) is 0 Å². The summed E-state index contributed by atoms with van der Waals surface area (Å²) in [6, 6.07) is 14.4. The fourth-order valence-electron chi connectivity index (χ4n) is 2.61. The molecule has 0 unspecified atom stereocenters. The Bertz CT molecular complexity index is 761. The van der Waals surface area contributed by atoms with Crippen molar-refractivity contribution in [3.05, 3.63) is 48.5 Å². The summed E-state index contributed by atoms with van der Waals surface area (Å²) in [5, 5.41) is 2.77. The van der Waals surface area contributed by atoms with Gasteiger partial charge in [0.1, 0.15) is 11.5 Å². The molecule has 0 aromatic heterocycles. The van der Waals surface area contributed by atoms with Crippen LogP contribution in [-0.4, -0.2) is 31.6 Å². The van der Waals surface area contributed by atoms with E-state index in [9.17, 15) is 9.59 Å². The number of carbonyl (C=O) groups excluding carboxylic acids is 2. The maximum absolute atomic E-state index is 12.0. The first-order valence-corrected chi connectivity index (χ1v) is 8.22. The Morgan fingerprint density at radius 3 is 2.80 bits per heavy atom. The SMILES string of the molecule is CCCN1C(=O)COc2cc(NC(=O)COc3ccccc3)ccc21. The smallest absolute Gasteiger partial charge is 0.265 e. The first-order valence-electron chi connectivity index (χ1n) is 8.22. The van der Waals surface area contributed by atoms with Crippen molar-refractivity contribution in [3.63, 3.8) is 0 Å². The summed E-state index contributed by atoms with van der Waals surface area (Å²) in [4.78, 5) is 25.7. The molecule has 1 N–H and O–H groups in total. The molecule has 3 rings (SSSR count). The van der Waals surface area contributed by atoms with Crippen molar-refractivity contribution >= 4 is 23.2 Å². The van der Waals surface area contributed by atoms with Crippen LogP contribution in [0.3, 0.4) is 0 Å². The number of carbonyl (C=O) groups is 2. The van der Waals surface area contributed by atoms with E-state index in [1.165, 1.54) is 0 Å². The molecule has 0 fully saturated rings. The molecule has 2 amide bonds. The summed E-state index contributed by atoms with van der Waals surface area (Å²) in [5.74, 6) is 0.915. The van der Waals surface area contributed by atoms with Crippen LogP contribution in [0.1, 0.15) is 13.3 Å². The predicted octanol–water partition coefficient (Wildman–Crippen LogP) is 2.84. The van der Waals surface area contributed by atoms with Crippen molar-refractivity contribution in [2.75, 3.05) is 30.0 Å². The van der Waals surface area contributed by atoms with E-state index in [-0.39, 0.29) is 25.0 Å². The van der Waals surface area contributed by atoms with Crippen LogP contribution in [0.15, 0.2) is 48.5 Å². The molecule has 0 spiro atoms. The number of para-hydroxylation sites is 1. The topological polar surface area (TPSA) is 67.9 Å². The number of fused-ring (bicyclic) bond motifs is 1. The summed E-state index contributed by atoms with van der Waals surface area (Å²) < 4.78 is 10.9. The maximum atomic E-state index is 12.0. The number of nitrogens with zero attached hydrogens (tertiary/aromatic N) is 1. The Labute approximate surface area is 146 Å². The van der Waals surface area contributed by atoms with Crippen molar-refractivity contribution in [2.24, 2.45) is 0 Å². The van der Waals surface area contributed by atoms with Crippen LogP contribution in [0.25, 0.3) is 0 Å². The first-order chi connectivity index (χ1) is 12.2. The highest BCUT2D eigenvalue weighted by molar-refractivity contribution is 5.99. The van der Waals surface area contributed by atoms with Crippen LogP contribution in [0.4, 0.5) is 11.4 Å². The van der Waals surface area contributed by atoms with Gasteiger partial charge in [-0.05, 0) is 30.7 Å². The minimum atomic E-state index is -0.263. The molecule has 6 nitrogen and oxygen atoms in total. The molecule has 1 aliphatic heterocycles. The Kier molecular flexibility index (Phi) is 5.18. The molecule has 1 aliphatic rings. The van der Waals surface area contributed by atoms with E-state index in [1.54, 1.807) is 35.2 Å². The molecule has 25 heavy (non-hydrogen) atoms. The number of amides is 2. The molecular formula is C19H20N2O4. The average Bonchev–Trinajstić information content (AvgIpc) is 2.63. The average molecular weight is 340 g/mol. The second-order valence-corrected chi connectivity index (χ2v) is 5.67. The Hall–Kier alpha value is -3.02. The first kappa shape index (κ1) is 16.8. The molecule has 0 radical (unpaired) electrons. The van der Waals surface area contributed by atoms with Crippen molar-refractivity contribution in [3.8, 4) is 11.5 Å². The zero-order valence-corrected chi connectivity index (χ0v) is 14.0. The van der Waals surface area contributed by atoms with Gasteiger partial charge in [0, 0.05) is 18.3 Å². The largest absolute Gasteiger partial charge is 0.484 e. The lowest BCUT2D eigenvalue weighted by Crippen LogP contribution is -2.39. The van der Waals surface area contributed by atoms with Crippen molar-refractivity contribution < 1.29 is 19.1 Å². The van der Waals surface area contributed by atoms with E-state index in [0.29, 0.717) is 23.7 Å². The standard InChI is InChI=1S/C19H20N2O4/c1-2-10-21-16-9-8-14(11-17(16)25-13-19(21)23)20-18(22)12-24-15-6-4-3-5-7-15/h3-9,11H,2,10,12-13H2,1H3,(H,20,22). The third kappa shape index (κ3) is 4.09. The summed E-state index contributed by atoms with van der Waals surface area (Å²) in [7, 11) is 0. The summed E-state index contributed by atoms with van der Waals surface area (Å²) in [6.07, 6.45) is 0.862. The highest BCUT2D eigenvalue weighted by Crippen LogP contribution is 2.34. The third-order valence-electron chi connectivity index (χ3n) is 3.75. The number of ether oxygens (including phenoxy) is 2. The number of benzene rings is 2. The van der Waals surface area contributed by atoms with Gasteiger partial charge in [0.2, 0.25) is 0 Å². The van der Waals surface area contributed by atoms with Crippen LogP contribution in [0.5, 0.6) is 11.5 Å². The van der Waals surface area contributed by atoms with Crippen LogP contribution < -0.4 is 19.7 Å². The fourth-order valence-corrected chi connectivity index (χ4v) is 2.61. The quantitative estimate of drug-likeness (QED) is 0.878. The predicted molar refractivity (Wildman–Crippen MR) is 95.1 cm³/mol. The Morgan fingerprint density at radius 2 is 2.04 bits per heavy atom. The molecule has 0 aliphatic carbocycles. The lowest BCUT2D eigenvalue weighted by Gasteiger charge is -2.29. The lowest BCUT2D eigenvalue weighted by molar-refractivity contribution is -0.121. The van der Waals surface area contributed by atoms with Crippen molar-refractivity contribution in [1.82, 2.24) is 0 Å². The number of anilines is 2. The second kappa shape index (κ2) is 7.70. The molecule has 0 saturated carbocycles. The second-order valence-electron chi connectivity index (χ2n) is 5.67. The van der Waals surface area contributed by atoms with Crippen LogP contribution in [-0.2, 0) is 9.59 Å². The van der Waals surface area contributed by atoms with E-state index in [2.05, 4.69) is 5.32 Å². The van der Waals surface area contributed by atoms with Crippen LogP contribution in [0.2, 0.25) is 0 Å².